The van der Waals surface area contributed by atoms with Crippen LogP contribution in [0.25, 0.3) is 0 Å². The zero-order valence-electron chi connectivity index (χ0n) is 16.6. The van der Waals surface area contributed by atoms with Crippen molar-refractivity contribution in [3.63, 3.8) is 0 Å². The first-order chi connectivity index (χ1) is 13.5. The summed E-state index contributed by atoms with van der Waals surface area (Å²) in [6, 6.07) is 0. The number of aromatic nitrogens is 2. The Hall–Kier alpha value is -2.15. The molecule has 1 aliphatic heterocycles. The fourth-order valence-electron chi connectivity index (χ4n) is 4.51. The third-order valence-electron chi connectivity index (χ3n) is 6.62. The van der Waals surface area contributed by atoms with E-state index >= 15 is 0 Å². The Morgan fingerprint density at radius 2 is 2.21 bits per heavy atom. The van der Waals surface area contributed by atoms with E-state index in [1.54, 1.807) is 6.20 Å². The Labute approximate surface area is 165 Å². The Balaban J connectivity index is 1.34. The zero-order chi connectivity index (χ0) is 19.6. The predicted octanol–water partition coefficient (Wildman–Crippen LogP) is 2.43. The number of allylic oxidation sites excluding steroid dienone is 2. The van der Waals surface area contributed by atoms with E-state index in [4.69, 9.17) is 4.74 Å². The number of hydrogen-bond acceptors (Lipinski definition) is 4. The van der Waals surface area contributed by atoms with Crippen molar-refractivity contribution in [2.75, 3.05) is 19.7 Å². The van der Waals surface area contributed by atoms with Gasteiger partial charge >= 0.3 is 0 Å². The highest BCUT2D eigenvalue weighted by Crippen LogP contribution is 2.41. The molecular weight excluding hydrogens is 356 g/mol. The lowest BCUT2D eigenvalue weighted by molar-refractivity contribution is -0.141. The van der Waals surface area contributed by atoms with Gasteiger partial charge in [0.2, 0.25) is 5.91 Å². The van der Waals surface area contributed by atoms with Crippen LogP contribution in [0.2, 0.25) is 0 Å². The summed E-state index contributed by atoms with van der Waals surface area (Å²) in [5.74, 6) is -0.0494. The van der Waals surface area contributed by atoms with Gasteiger partial charge in [0, 0.05) is 13.1 Å². The van der Waals surface area contributed by atoms with Gasteiger partial charge in [-0.1, -0.05) is 19.1 Å². The molecule has 1 saturated carbocycles. The van der Waals surface area contributed by atoms with Crippen molar-refractivity contribution in [3.8, 4) is 0 Å². The van der Waals surface area contributed by atoms with Crippen LogP contribution in [0.1, 0.15) is 62.4 Å². The number of imidazole rings is 1. The van der Waals surface area contributed by atoms with E-state index in [1.165, 1.54) is 6.33 Å². The van der Waals surface area contributed by atoms with Crippen molar-refractivity contribution in [3.05, 3.63) is 30.4 Å². The molecule has 3 aliphatic rings. The molecule has 2 amide bonds. The topological polar surface area (TPSA) is 87.3 Å². The minimum absolute atomic E-state index is 0.000670. The van der Waals surface area contributed by atoms with Crippen LogP contribution in [-0.4, -0.2) is 58.0 Å². The van der Waals surface area contributed by atoms with E-state index in [-0.39, 0.29) is 35.3 Å². The molecule has 2 N–H and O–H groups in total. The summed E-state index contributed by atoms with van der Waals surface area (Å²) in [5.41, 5.74) is 0.419. The number of nitrogens with one attached hydrogen (secondary N) is 2. The van der Waals surface area contributed by atoms with E-state index in [1.807, 2.05) is 4.90 Å². The highest BCUT2D eigenvalue weighted by Gasteiger charge is 2.49. The summed E-state index contributed by atoms with van der Waals surface area (Å²) < 4.78 is 6.03. The van der Waals surface area contributed by atoms with Gasteiger partial charge in [-0.15, -0.1) is 0 Å². The van der Waals surface area contributed by atoms with Crippen molar-refractivity contribution in [2.45, 2.75) is 63.5 Å². The number of amides is 2. The first-order valence-electron chi connectivity index (χ1n) is 10.3. The van der Waals surface area contributed by atoms with Crippen molar-refractivity contribution in [1.82, 2.24) is 20.2 Å². The highest BCUT2D eigenvalue weighted by atomic mass is 16.5. The highest BCUT2D eigenvalue weighted by molar-refractivity contribution is 5.93. The zero-order valence-corrected chi connectivity index (χ0v) is 16.6. The molecule has 4 rings (SSSR count). The number of ether oxygens (including phenoxy) is 1. The van der Waals surface area contributed by atoms with Gasteiger partial charge in [0.1, 0.15) is 5.69 Å². The maximum absolute atomic E-state index is 13.0. The van der Waals surface area contributed by atoms with Crippen molar-refractivity contribution < 1.29 is 14.3 Å². The molecule has 0 bridgehead atoms. The second-order valence-corrected chi connectivity index (χ2v) is 8.90. The van der Waals surface area contributed by atoms with Gasteiger partial charge in [0.25, 0.3) is 5.91 Å². The maximum atomic E-state index is 13.0. The minimum Gasteiger partial charge on any atom is -0.373 e. The number of rotatable bonds is 5. The van der Waals surface area contributed by atoms with Crippen molar-refractivity contribution in [2.24, 2.45) is 5.41 Å². The lowest BCUT2D eigenvalue weighted by atomic mass is 9.74. The number of nitrogens with zero attached hydrogens (tertiary/aromatic N) is 2. The van der Waals surface area contributed by atoms with E-state index in [2.05, 4.69) is 34.4 Å². The number of morpholine rings is 1. The van der Waals surface area contributed by atoms with Crippen LogP contribution in [-0.2, 0) is 9.53 Å². The SMILES string of the molecule is CC1(CNC(=O)CC2CN(C(=O)c3cnc[nH]3)C3(CCC3)CO2)CC=CCC1. The number of H-pyrrole nitrogens is 1. The minimum atomic E-state index is -0.267. The first-order valence-corrected chi connectivity index (χ1v) is 10.3. The largest absolute Gasteiger partial charge is 0.373 e. The summed E-state index contributed by atoms with van der Waals surface area (Å²) in [6.45, 7) is 3.86. The molecule has 2 atom stereocenters. The van der Waals surface area contributed by atoms with Gasteiger partial charge in [-0.05, 0) is 43.9 Å². The number of carbonyl (C=O) groups is 2. The van der Waals surface area contributed by atoms with Crippen LogP contribution in [0.3, 0.4) is 0 Å². The van der Waals surface area contributed by atoms with Crippen LogP contribution in [0, 0.1) is 5.41 Å². The van der Waals surface area contributed by atoms with Gasteiger partial charge in [-0.2, -0.15) is 0 Å². The van der Waals surface area contributed by atoms with Gasteiger partial charge in [-0.25, -0.2) is 4.98 Å². The normalized spacial score (nSPS) is 28.8. The van der Waals surface area contributed by atoms with Crippen LogP contribution < -0.4 is 5.32 Å². The Bertz CT molecular complexity index is 741. The monoisotopic (exact) mass is 386 g/mol. The average molecular weight is 386 g/mol. The average Bonchev–Trinajstić information content (AvgIpc) is 3.20. The van der Waals surface area contributed by atoms with Crippen LogP contribution in [0.15, 0.2) is 24.7 Å². The van der Waals surface area contributed by atoms with Crippen molar-refractivity contribution >= 4 is 11.8 Å². The second-order valence-electron chi connectivity index (χ2n) is 8.90. The Morgan fingerprint density at radius 1 is 1.36 bits per heavy atom. The molecule has 1 aromatic rings. The van der Waals surface area contributed by atoms with Crippen LogP contribution >= 0.6 is 0 Å². The third kappa shape index (κ3) is 3.85. The Morgan fingerprint density at radius 3 is 2.86 bits per heavy atom. The van der Waals surface area contributed by atoms with E-state index in [9.17, 15) is 9.59 Å². The third-order valence-corrected chi connectivity index (χ3v) is 6.62. The quantitative estimate of drug-likeness (QED) is 0.761. The van der Waals surface area contributed by atoms with Gasteiger partial charge in [0.15, 0.2) is 0 Å². The lowest BCUT2D eigenvalue weighted by Crippen LogP contribution is -2.65. The van der Waals surface area contributed by atoms with Crippen LogP contribution in [0.4, 0.5) is 0 Å². The molecule has 1 spiro atoms. The molecule has 7 nitrogen and oxygen atoms in total. The van der Waals surface area contributed by atoms with Crippen LogP contribution in [0.5, 0.6) is 0 Å². The smallest absolute Gasteiger partial charge is 0.272 e. The van der Waals surface area contributed by atoms with Crippen molar-refractivity contribution in [1.29, 1.82) is 0 Å². The first kappa shape index (κ1) is 19.2. The number of hydrogen-bond donors (Lipinski definition) is 2. The molecule has 2 aliphatic carbocycles. The Kier molecular flexibility index (Phi) is 5.27. The molecule has 28 heavy (non-hydrogen) atoms. The molecule has 0 radical (unpaired) electrons. The fourth-order valence-corrected chi connectivity index (χ4v) is 4.51. The fraction of sp³-hybridized carbons (Fsp3) is 0.667. The van der Waals surface area contributed by atoms with Gasteiger partial charge < -0.3 is 19.9 Å². The summed E-state index contributed by atoms with van der Waals surface area (Å²) >= 11 is 0. The molecule has 2 heterocycles. The van der Waals surface area contributed by atoms with E-state index < -0.39 is 0 Å². The molecule has 0 aromatic carbocycles. The van der Waals surface area contributed by atoms with Gasteiger partial charge in [-0.3, -0.25) is 9.59 Å². The molecule has 1 aromatic heterocycles. The number of aromatic amines is 1. The number of carbonyl (C=O) groups excluding carboxylic acids is 2. The lowest BCUT2D eigenvalue weighted by Gasteiger charge is -2.54. The molecule has 152 valence electrons. The standard InChI is InChI=1S/C21H30N4O3/c1-20(6-3-2-4-7-20)13-23-18(26)10-16-12-25(19(27)17-11-22-15-24-17)21(14-28-16)8-5-9-21/h2-3,11,15-16H,4-10,12-14H2,1H3,(H,22,24)(H,23,26). The summed E-state index contributed by atoms with van der Waals surface area (Å²) in [6.07, 6.45) is 13.7. The maximum Gasteiger partial charge on any atom is 0.272 e. The van der Waals surface area contributed by atoms with E-state index in [0.717, 1.165) is 38.5 Å². The summed E-state index contributed by atoms with van der Waals surface area (Å²) in [5, 5.41) is 3.09. The molecule has 2 fully saturated rings. The summed E-state index contributed by atoms with van der Waals surface area (Å²) in [4.78, 5) is 34.3. The molecular formula is C21H30N4O3. The molecule has 2 unspecified atom stereocenters. The predicted molar refractivity (Wildman–Crippen MR) is 105 cm³/mol. The summed E-state index contributed by atoms with van der Waals surface area (Å²) in [7, 11) is 0. The van der Waals surface area contributed by atoms with Gasteiger partial charge in [0.05, 0.1) is 37.2 Å². The molecule has 7 heteroatoms. The molecule has 1 saturated heterocycles. The van der Waals surface area contributed by atoms with E-state index in [0.29, 0.717) is 25.4 Å². The second kappa shape index (κ2) is 7.70.